The Morgan fingerprint density at radius 3 is 2.62 bits per heavy atom. The molecule has 1 atom stereocenters. The van der Waals surface area contributed by atoms with Crippen molar-refractivity contribution in [3.63, 3.8) is 0 Å². The number of furan rings is 1. The van der Waals surface area contributed by atoms with Crippen molar-refractivity contribution in [1.82, 2.24) is 0 Å². The molecule has 4 rings (SSSR count). The zero-order valence-electron chi connectivity index (χ0n) is 21.3. The van der Waals surface area contributed by atoms with Gasteiger partial charge in [0.05, 0.1) is 19.3 Å². The van der Waals surface area contributed by atoms with E-state index in [0.29, 0.717) is 30.0 Å². The van der Waals surface area contributed by atoms with Gasteiger partial charge in [-0.3, -0.25) is 9.59 Å². The number of ether oxygens (including phenoxy) is 3. The molecular weight excluding hydrogens is 470 g/mol. The smallest absolute Gasteiger partial charge is 0.310 e. The number of esters is 1. The Hall–Kier alpha value is -3.94. The molecule has 0 aliphatic heterocycles. The fourth-order valence-corrected chi connectivity index (χ4v) is 4.21. The van der Waals surface area contributed by atoms with Crippen LogP contribution in [0.5, 0.6) is 5.75 Å². The fourth-order valence-electron chi connectivity index (χ4n) is 4.21. The summed E-state index contributed by atoms with van der Waals surface area (Å²) in [5.74, 6) is -0.0236. The molecule has 4 aromatic rings. The fraction of sp³-hybridized carbons (Fsp3) is 0.267. The minimum absolute atomic E-state index is 0.0134. The van der Waals surface area contributed by atoms with E-state index in [0.717, 1.165) is 33.2 Å². The highest BCUT2D eigenvalue weighted by Crippen LogP contribution is 2.32. The molecule has 0 saturated carbocycles. The molecule has 0 spiro atoms. The van der Waals surface area contributed by atoms with Crippen LogP contribution in [-0.4, -0.2) is 31.6 Å². The van der Waals surface area contributed by atoms with Crippen LogP contribution in [0.15, 0.2) is 71.3 Å². The van der Waals surface area contributed by atoms with E-state index in [9.17, 15) is 9.59 Å². The topological polar surface area (TPSA) is 101 Å². The van der Waals surface area contributed by atoms with Crippen LogP contribution in [0.25, 0.3) is 22.1 Å². The summed E-state index contributed by atoms with van der Waals surface area (Å²) >= 11 is 0. The molecule has 0 fully saturated rings. The van der Waals surface area contributed by atoms with Crippen LogP contribution in [0.2, 0.25) is 0 Å². The van der Waals surface area contributed by atoms with Gasteiger partial charge in [-0.1, -0.05) is 30.3 Å². The van der Waals surface area contributed by atoms with Crippen LogP contribution in [0.1, 0.15) is 40.9 Å². The van der Waals surface area contributed by atoms with E-state index in [4.69, 9.17) is 24.4 Å². The second-order valence-electron chi connectivity index (χ2n) is 8.99. The monoisotopic (exact) mass is 501 g/mol. The third kappa shape index (κ3) is 6.44. The summed E-state index contributed by atoms with van der Waals surface area (Å²) in [7, 11) is 1.55. The number of Topliss-reactive ketones (excluding diaryl/α,β-unsaturated/α-hetero) is 1. The van der Waals surface area contributed by atoms with E-state index in [2.05, 4.69) is 0 Å². The lowest BCUT2D eigenvalue weighted by atomic mass is 9.99. The molecule has 3 aromatic carbocycles. The molecule has 2 N–H and O–H groups in total. The highest BCUT2D eigenvalue weighted by atomic mass is 16.6. The van der Waals surface area contributed by atoms with Gasteiger partial charge >= 0.3 is 5.97 Å². The second kappa shape index (κ2) is 11.9. The largest absolute Gasteiger partial charge is 0.489 e. The number of methoxy groups -OCH3 is 1. The van der Waals surface area contributed by atoms with E-state index >= 15 is 0 Å². The number of carbonyl (C=O) groups excluding carboxylic acids is 2. The number of ketones is 1. The summed E-state index contributed by atoms with van der Waals surface area (Å²) < 4.78 is 22.4. The van der Waals surface area contributed by atoms with Gasteiger partial charge in [-0.25, -0.2) is 0 Å². The van der Waals surface area contributed by atoms with Crippen molar-refractivity contribution in [2.24, 2.45) is 5.73 Å². The van der Waals surface area contributed by atoms with Gasteiger partial charge in [0.2, 0.25) is 0 Å². The van der Waals surface area contributed by atoms with Crippen LogP contribution >= 0.6 is 0 Å². The first-order valence-corrected chi connectivity index (χ1v) is 12.1. The summed E-state index contributed by atoms with van der Waals surface area (Å²) in [6.45, 7) is 4.25. The van der Waals surface area contributed by atoms with Crippen molar-refractivity contribution in [1.29, 1.82) is 0 Å². The van der Waals surface area contributed by atoms with Crippen molar-refractivity contribution in [2.45, 2.75) is 39.5 Å². The molecule has 1 unspecified atom stereocenters. The van der Waals surface area contributed by atoms with E-state index < -0.39 is 5.97 Å². The zero-order valence-corrected chi connectivity index (χ0v) is 21.3. The number of rotatable bonds is 11. The Morgan fingerprint density at radius 2 is 1.86 bits per heavy atom. The van der Waals surface area contributed by atoms with Gasteiger partial charge in [0.25, 0.3) is 0 Å². The number of hydrogen-bond donors (Lipinski definition) is 1. The Labute approximate surface area is 216 Å². The molecule has 0 bridgehead atoms. The SMILES string of the molecule is COCC(C)OC(=O)Cc1ccc(C(C)=O)cc1OCc1cc(-c2cccc(CN)c2)c2occc2c1. The third-order valence-corrected chi connectivity index (χ3v) is 6.02. The van der Waals surface area contributed by atoms with Crippen molar-refractivity contribution >= 4 is 22.7 Å². The lowest BCUT2D eigenvalue weighted by molar-refractivity contribution is -0.149. The summed E-state index contributed by atoms with van der Waals surface area (Å²) in [6, 6.07) is 19.1. The minimum Gasteiger partial charge on any atom is -0.489 e. The highest BCUT2D eigenvalue weighted by Gasteiger charge is 2.16. The molecule has 0 radical (unpaired) electrons. The predicted molar refractivity (Wildman–Crippen MR) is 141 cm³/mol. The van der Waals surface area contributed by atoms with Crippen molar-refractivity contribution in [2.75, 3.05) is 13.7 Å². The standard InChI is InChI=1S/C30H31NO6/c1-19(17-34-3)37-29(33)15-25-8-7-23(20(2)32)14-28(25)36-18-22-12-26-9-10-35-30(26)27(13-22)24-6-4-5-21(11-24)16-31/h4-14,19H,15-18,31H2,1-3H3. The van der Waals surface area contributed by atoms with Gasteiger partial charge in [0, 0.05) is 35.7 Å². The first kappa shape index (κ1) is 26.1. The average Bonchev–Trinajstić information content (AvgIpc) is 3.36. The van der Waals surface area contributed by atoms with Gasteiger partial charge in [-0.15, -0.1) is 0 Å². The van der Waals surface area contributed by atoms with Crippen LogP contribution in [0, 0.1) is 0 Å². The molecule has 37 heavy (non-hydrogen) atoms. The van der Waals surface area contributed by atoms with E-state index in [1.807, 2.05) is 42.5 Å². The van der Waals surface area contributed by atoms with Gasteiger partial charge < -0.3 is 24.4 Å². The predicted octanol–water partition coefficient (Wildman–Crippen LogP) is 5.46. The van der Waals surface area contributed by atoms with E-state index in [1.165, 1.54) is 6.92 Å². The first-order chi connectivity index (χ1) is 17.9. The molecule has 0 saturated heterocycles. The number of hydrogen-bond acceptors (Lipinski definition) is 7. The van der Waals surface area contributed by atoms with Gasteiger partial charge in [-0.2, -0.15) is 0 Å². The first-order valence-electron chi connectivity index (χ1n) is 12.1. The van der Waals surface area contributed by atoms with Crippen molar-refractivity contribution < 1.29 is 28.2 Å². The quantitative estimate of drug-likeness (QED) is 0.215. The van der Waals surface area contributed by atoms with E-state index in [-0.39, 0.29) is 24.9 Å². The summed E-state index contributed by atoms with van der Waals surface area (Å²) in [5, 5.41) is 0.947. The summed E-state index contributed by atoms with van der Waals surface area (Å²) in [5.41, 5.74) is 11.6. The molecule has 192 valence electrons. The minimum atomic E-state index is -0.396. The van der Waals surface area contributed by atoms with E-state index in [1.54, 1.807) is 38.5 Å². The summed E-state index contributed by atoms with van der Waals surface area (Å²) in [6.07, 6.45) is 1.31. The molecular formula is C30H31NO6. The maximum absolute atomic E-state index is 12.5. The Bertz CT molecular complexity index is 1410. The molecule has 7 heteroatoms. The van der Waals surface area contributed by atoms with Gasteiger partial charge in [0.1, 0.15) is 24.0 Å². The Balaban J connectivity index is 1.61. The van der Waals surface area contributed by atoms with Gasteiger partial charge in [0.15, 0.2) is 5.78 Å². The Morgan fingerprint density at radius 1 is 1.03 bits per heavy atom. The molecule has 0 amide bonds. The van der Waals surface area contributed by atoms with Crippen LogP contribution in [0.3, 0.4) is 0 Å². The van der Waals surface area contributed by atoms with Crippen molar-refractivity contribution in [3.05, 3.63) is 89.2 Å². The molecule has 0 aliphatic carbocycles. The lowest BCUT2D eigenvalue weighted by Crippen LogP contribution is -2.21. The van der Waals surface area contributed by atoms with Crippen LogP contribution < -0.4 is 10.5 Å². The number of carbonyl (C=O) groups is 2. The Kier molecular flexibility index (Phi) is 8.38. The molecule has 1 aromatic heterocycles. The third-order valence-electron chi connectivity index (χ3n) is 6.02. The maximum atomic E-state index is 12.5. The van der Waals surface area contributed by atoms with Crippen LogP contribution in [-0.2, 0) is 33.8 Å². The molecule has 7 nitrogen and oxygen atoms in total. The normalized spacial score (nSPS) is 11.9. The number of benzene rings is 3. The second-order valence-corrected chi connectivity index (χ2v) is 8.99. The van der Waals surface area contributed by atoms with Crippen molar-refractivity contribution in [3.8, 4) is 16.9 Å². The van der Waals surface area contributed by atoms with Gasteiger partial charge in [-0.05, 0) is 60.9 Å². The number of nitrogens with two attached hydrogens (primary N) is 1. The summed E-state index contributed by atoms with van der Waals surface area (Å²) in [4.78, 5) is 24.5. The molecule has 1 heterocycles. The zero-order chi connectivity index (χ0) is 26.4. The highest BCUT2D eigenvalue weighted by molar-refractivity contribution is 5.95. The maximum Gasteiger partial charge on any atom is 0.310 e. The lowest BCUT2D eigenvalue weighted by Gasteiger charge is -2.15. The number of fused-ring (bicyclic) bond motifs is 1. The average molecular weight is 502 g/mol. The van der Waals surface area contributed by atoms with Crippen LogP contribution in [0.4, 0.5) is 0 Å². The molecule has 0 aliphatic rings.